The van der Waals surface area contributed by atoms with Gasteiger partial charge >= 0.3 is 0 Å². The molecule has 2 saturated heterocycles. The van der Waals surface area contributed by atoms with Crippen molar-refractivity contribution in [2.75, 3.05) is 13.1 Å². The molecule has 2 aliphatic heterocycles. The number of carbonyl (C=O) groups is 1. The minimum atomic E-state index is -0.0518. The van der Waals surface area contributed by atoms with E-state index in [1.165, 1.54) is 6.42 Å². The summed E-state index contributed by atoms with van der Waals surface area (Å²) in [5.74, 6) is 0.278. The van der Waals surface area contributed by atoms with Crippen molar-refractivity contribution >= 4 is 5.91 Å². The Balaban J connectivity index is 1.52. The summed E-state index contributed by atoms with van der Waals surface area (Å²) >= 11 is 0. The molecule has 1 aromatic heterocycles. The number of hydrogen-bond acceptors (Lipinski definition) is 4. The number of benzene rings is 1. The molecule has 4 rings (SSSR count). The normalized spacial score (nSPS) is 24.3. The third-order valence-electron chi connectivity index (χ3n) is 4.60. The van der Waals surface area contributed by atoms with Crippen molar-refractivity contribution in [3.63, 3.8) is 0 Å². The molecule has 3 heterocycles. The van der Waals surface area contributed by atoms with Gasteiger partial charge in [-0.15, -0.1) is 0 Å². The zero-order valence-corrected chi connectivity index (χ0v) is 12.4. The first-order valence-electron chi connectivity index (χ1n) is 7.87. The van der Waals surface area contributed by atoms with Gasteiger partial charge < -0.3 is 14.7 Å². The average molecular weight is 297 g/mol. The number of hydrogen-bond donors (Lipinski definition) is 1. The summed E-state index contributed by atoms with van der Waals surface area (Å²) < 4.78 is 5.29. The molecule has 0 saturated carbocycles. The smallest absolute Gasteiger partial charge is 0.292 e. The second-order valence-electron chi connectivity index (χ2n) is 6.12. The van der Waals surface area contributed by atoms with Gasteiger partial charge in [-0.25, -0.2) is 0 Å². The van der Waals surface area contributed by atoms with Crippen LogP contribution in [0.15, 0.2) is 40.9 Å². The molecule has 2 atom stereocenters. The van der Waals surface area contributed by atoms with Crippen LogP contribution in [0, 0.1) is 0 Å². The van der Waals surface area contributed by atoms with Crippen LogP contribution >= 0.6 is 0 Å². The summed E-state index contributed by atoms with van der Waals surface area (Å²) in [4.78, 5) is 14.5. The van der Waals surface area contributed by atoms with E-state index in [4.69, 9.17) is 4.52 Å². The lowest BCUT2D eigenvalue weighted by Gasteiger charge is -2.22. The lowest BCUT2D eigenvalue weighted by molar-refractivity contribution is 0.0706. The van der Waals surface area contributed by atoms with Crippen LogP contribution in [0.2, 0.25) is 0 Å². The lowest BCUT2D eigenvalue weighted by Crippen LogP contribution is -2.38. The van der Waals surface area contributed by atoms with Crippen LogP contribution in [0.25, 0.3) is 11.3 Å². The molecule has 0 spiro atoms. The van der Waals surface area contributed by atoms with Crippen LogP contribution in [0.1, 0.15) is 29.8 Å². The summed E-state index contributed by atoms with van der Waals surface area (Å²) in [6.45, 7) is 1.55. The van der Waals surface area contributed by atoms with E-state index in [0.29, 0.717) is 23.5 Å². The monoisotopic (exact) mass is 297 g/mol. The molecule has 5 nitrogen and oxygen atoms in total. The zero-order valence-electron chi connectivity index (χ0n) is 12.4. The number of nitrogens with zero attached hydrogens (tertiary/aromatic N) is 2. The van der Waals surface area contributed by atoms with Crippen LogP contribution in [0.4, 0.5) is 0 Å². The Kier molecular flexibility index (Phi) is 3.42. The Morgan fingerprint density at radius 3 is 2.86 bits per heavy atom. The van der Waals surface area contributed by atoms with Crippen LogP contribution in [-0.4, -0.2) is 41.1 Å². The Labute approximate surface area is 129 Å². The standard InChI is InChI=1S/C17H19N3O2/c21-17(20-9-8-13-6-7-14(11-20)18-13)16-10-15(19-22-16)12-4-2-1-3-5-12/h1-5,10,13-14,18H,6-9,11H2. The fourth-order valence-corrected chi connectivity index (χ4v) is 3.40. The van der Waals surface area contributed by atoms with Crippen molar-refractivity contribution in [2.45, 2.75) is 31.3 Å². The zero-order chi connectivity index (χ0) is 14.9. The molecule has 2 bridgehead atoms. The highest BCUT2D eigenvalue weighted by molar-refractivity contribution is 5.92. The number of amides is 1. The molecule has 1 N–H and O–H groups in total. The maximum absolute atomic E-state index is 12.6. The number of fused-ring (bicyclic) bond motifs is 2. The Hall–Kier alpha value is -2.14. The Morgan fingerprint density at radius 2 is 2.00 bits per heavy atom. The predicted octanol–water partition coefficient (Wildman–Crippen LogP) is 2.31. The predicted molar refractivity (Wildman–Crippen MR) is 82.4 cm³/mol. The topological polar surface area (TPSA) is 58.4 Å². The van der Waals surface area contributed by atoms with Gasteiger partial charge in [-0.2, -0.15) is 0 Å². The van der Waals surface area contributed by atoms with Gasteiger partial charge in [0.05, 0.1) is 0 Å². The van der Waals surface area contributed by atoms with E-state index >= 15 is 0 Å². The van der Waals surface area contributed by atoms with E-state index in [1.54, 1.807) is 6.07 Å². The second-order valence-corrected chi connectivity index (χ2v) is 6.12. The molecular formula is C17H19N3O2. The molecule has 1 amide bonds. The third kappa shape index (κ3) is 2.52. The number of nitrogens with one attached hydrogen (secondary N) is 1. The fourth-order valence-electron chi connectivity index (χ4n) is 3.40. The maximum atomic E-state index is 12.6. The van der Waals surface area contributed by atoms with E-state index in [0.717, 1.165) is 31.5 Å². The minimum absolute atomic E-state index is 0.0518. The van der Waals surface area contributed by atoms with Gasteiger partial charge in [0.2, 0.25) is 5.76 Å². The minimum Gasteiger partial charge on any atom is -0.350 e. The van der Waals surface area contributed by atoms with E-state index in [1.807, 2.05) is 35.2 Å². The molecule has 114 valence electrons. The largest absolute Gasteiger partial charge is 0.350 e. The molecular weight excluding hydrogens is 278 g/mol. The number of likely N-dealkylation sites (tertiary alicyclic amines) is 1. The van der Waals surface area contributed by atoms with Crippen LogP contribution in [-0.2, 0) is 0 Å². The van der Waals surface area contributed by atoms with Crippen molar-refractivity contribution in [3.8, 4) is 11.3 Å². The molecule has 2 aromatic rings. The van der Waals surface area contributed by atoms with E-state index in [2.05, 4.69) is 10.5 Å². The van der Waals surface area contributed by atoms with Crippen LogP contribution < -0.4 is 5.32 Å². The van der Waals surface area contributed by atoms with E-state index < -0.39 is 0 Å². The van der Waals surface area contributed by atoms with Gasteiger partial charge in [-0.1, -0.05) is 35.5 Å². The van der Waals surface area contributed by atoms with Gasteiger partial charge in [0.1, 0.15) is 5.69 Å². The Morgan fingerprint density at radius 1 is 1.18 bits per heavy atom. The number of carbonyl (C=O) groups excluding carboxylic acids is 1. The van der Waals surface area contributed by atoms with Gasteiger partial charge in [0.25, 0.3) is 5.91 Å². The first-order valence-corrected chi connectivity index (χ1v) is 7.87. The highest BCUT2D eigenvalue weighted by Crippen LogP contribution is 2.23. The number of aromatic nitrogens is 1. The lowest BCUT2D eigenvalue weighted by atomic mass is 10.1. The molecule has 2 unspecified atom stereocenters. The van der Waals surface area contributed by atoms with E-state index in [-0.39, 0.29) is 5.91 Å². The SMILES string of the molecule is O=C(c1cc(-c2ccccc2)no1)N1CCC2CCC(C1)N2. The highest BCUT2D eigenvalue weighted by atomic mass is 16.5. The van der Waals surface area contributed by atoms with Gasteiger partial charge in [-0.05, 0) is 19.3 Å². The third-order valence-corrected chi connectivity index (χ3v) is 4.60. The molecule has 22 heavy (non-hydrogen) atoms. The Bertz CT molecular complexity index is 668. The quantitative estimate of drug-likeness (QED) is 0.924. The molecule has 2 fully saturated rings. The van der Waals surface area contributed by atoms with Crippen molar-refractivity contribution < 1.29 is 9.32 Å². The average Bonchev–Trinajstić information content (AvgIpc) is 3.14. The molecule has 1 aromatic carbocycles. The number of rotatable bonds is 2. The van der Waals surface area contributed by atoms with Crippen molar-refractivity contribution in [3.05, 3.63) is 42.2 Å². The van der Waals surface area contributed by atoms with Crippen LogP contribution in [0.3, 0.4) is 0 Å². The summed E-state index contributed by atoms with van der Waals surface area (Å²) in [7, 11) is 0. The summed E-state index contributed by atoms with van der Waals surface area (Å²) in [5.41, 5.74) is 1.67. The highest BCUT2D eigenvalue weighted by Gasteiger charge is 2.32. The van der Waals surface area contributed by atoms with Crippen LogP contribution in [0.5, 0.6) is 0 Å². The molecule has 0 aliphatic carbocycles. The van der Waals surface area contributed by atoms with Gasteiger partial charge in [0.15, 0.2) is 0 Å². The first kappa shape index (κ1) is 13.5. The molecule has 2 aliphatic rings. The summed E-state index contributed by atoms with van der Waals surface area (Å²) in [6.07, 6.45) is 3.40. The van der Waals surface area contributed by atoms with Crippen molar-refractivity contribution in [2.24, 2.45) is 0 Å². The molecule has 5 heteroatoms. The van der Waals surface area contributed by atoms with E-state index in [9.17, 15) is 4.79 Å². The first-order chi connectivity index (χ1) is 10.8. The summed E-state index contributed by atoms with van der Waals surface area (Å²) in [5, 5.41) is 7.62. The second kappa shape index (κ2) is 5.57. The summed E-state index contributed by atoms with van der Waals surface area (Å²) in [6, 6.07) is 12.5. The maximum Gasteiger partial charge on any atom is 0.292 e. The van der Waals surface area contributed by atoms with Gasteiger partial charge in [-0.3, -0.25) is 4.79 Å². The molecule has 0 radical (unpaired) electrons. The van der Waals surface area contributed by atoms with Crippen molar-refractivity contribution in [1.82, 2.24) is 15.4 Å². The van der Waals surface area contributed by atoms with Gasteiger partial charge in [0, 0.05) is 36.8 Å². The fraction of sp³-hybridized carbons (Fsp3) is 0.412. The van der Waals surface area contributed by atoms with Crippen molar-refractivity contribution in [1.29, 1.82) is 0 Å².